The monoisotopic (exact) mass is 316 g/mol. The van der Waals surface area contributed by atoms with E-state index in [1.165, 1.54) is 0 Å². The van der Waals surface area contributed by atoms with Crippen LogP contribution in [0.3, 0.4) is 0 Å². The standard InChI is InChI=1S/C10H11Cl3O3S/c11-9-4-3-8(7-10(9)12)16-5-1-2-6-17(13,14)15/h3-4,7H,1-2,5-6H2. The Balaban J connectivity index is 2.29. The molecule has 0 aliphatic carbocycles. The lowest BCUT2D eigenvalue weighted by Crippen LogP contribution is -2.02. The number of rotatable bonds is 6. The molecular weight excluding hydrogens is 307 g/mol. The minimum atomic E-state index is -3.40. The first-order valence-electron chi connectivity index (χ1n) is 4.89. The minimum Gasteiger partial charge on any atom is -0.494 e. The predicted molar refractivity (Wildman–Crippen MR) is 70.8 cm³/mol. The van der Waals surface area contributed by atoms with Crippen molar-refractivity contribution in [2.75, 3.05) is 12.4 Å². The second-order valence-corrected chi connectivity index (χ2v) is 7.09. The summed E-state index contributed by atoms with van der Waals surface area (Å²) >= 11 is 11.6. The number of benzene rings is 1. The summed E-state index contributed by atoms with van der Waals surface area (Å²) < 4.78 is 26.7. The van der Waals surface area contributed by atoms with Gasteiger partial charge in [-0.25, -0.2) is 8.42 Å². The Kier molecular flexibility index (Phi) is 5.86. The Bertz CT molecular complexity index is 474. The SMILES string of the molecule is O=S(=O)(Cl)CCCCOc1ccc(Cl)c(Cl)c1. The quantitative estimate of drug-likeness (QED) is 0.593. The van der Waals surface area contributed by atoms with Crippen LogP contribution in [0.5, 0.6) is 5.75 Å². The van der Waals surface area contributed by atoms with E-state index in [0.29, 0.717) is 35.2 Å². The van der Waals surface area contributed by atoms with Gasteiger partial charge in [-0.2, -0.15) is 0 Å². The van der Waals surface area contributed by atoms with Crippen molar-refractivity contribution in [2.45, 2.75) is 12.8 Å². The Hall–Kier alpha value is -0.160. The van der Waals surface area contributed by atoms with Gasteiger partial charge in [0.15, 0.2) is 0 Å². The number of unbranched alkanes of at least 4 members (excludes halogenated alkanes) is 1. The largest absolute Gasteiger partial charge is 0.494 e. The van der Waals surface area contributed by atoms with Crippen LogP contribution < -0.4 is 4.74 Å². The van der Waals surface area contributed by atoms with Crippen LogP contribution in [0.2, 0.25) is 10.0 Å². The van der Waals surface area contributed by atoms with Gasteiger partial charge in [-0.1, -0.05) is 23.2 Å². The van der Waals surface area contributed by atoms with Crippen molar-refractivity contribution >= 4 is 42.9 Å². The fourth-order valence-electron chi connectivity index (χ4n) is 1.13. The summed E-state index contributed by atoms with van der Waals surface area (Å²) in [5.41, 5.74) is 0. The molecule has 0 radical (unpaired) electrons. The molecule has 17 heavy (non-hydrogen) atoms. The Morgan fingerprint density at radius 1 is 1.12 bits per heavy atom. The van der Waals surface area contributed by atoms with E-state index in [1.54, 1.807) is 18.2 Å². The van der Waals surface area contributed by atoms with Gasteiger partial charge in [-0.15, -0.1) is 0 Å². The average molecular weight is 318 g/mol. The molecule has 1 rings (SSSR count). The number of ether oxygens (including phenoxy) is 1. The third-order valence-electron chi connectivity index (χ3n) is 1.94. The van der Waals surface area contributed by atoms with E-state index in [4.69, 9.17) is 38.6 Å². The molecule has 0 atom stereocenters. The highest BCUT2D eigenvalue weighted by atomic mass is 35.7. The van der Waals surface area contributed by atoms with Gasteiger partial charge in [0, 0.05) is 16.7 Å². The van der Waals surface area contributed by atoms with Gasteiger partial charge in [-0.3, -0.25) is 0 Å². The topological polar surface area (TPSA) is 43.4 Å². The molecule has 1 aromatic carbocycles. The molecule has 0 N–H and O–H groups in total. The van der Waals surface area contributed by atoms with Gasteiger partial charge in [0.05, 0.1) is 22.4 Å². The highest BCUT2D eigenvalue weighted by Crippen LogP contribution is 2.26. The first-order chi connectivity index (χ1) is 7.88. The summed E-state index contributed by atoms with van der Waals surface area (Å²) in [4.78, 5) is 0. The van der Waals surface area contributed by atoms with Crippen LogP contribution in [0.1, 0.15) is 12.8 Å². The van der Waals surface area contributed by atoms with Crippen LogP contribution in [0.15, 0.2) is 18.2 Å². The summed E-state index contributed by atoms with van der Waals surface area (Å²) in [6.07, 6.45) is 1.07. The molecule has 0 aromatic heterocycles. The number of halogens is 3. The van der Waals surface area contributed by atoms with Crippen LogP contribution in [0.25, 0.3) is 0 Å². The highest BCUT2D eigenvalue weighted by molar-refractivity contribution is 8.13. The summed E-state index contributed by atoms with van der Waals surface area (Å²) in [5.74, 6) is 0.562. The summed E-state index contributed by atoms with van der Waals surface area (Å²) in [6.45, 7) is 0.407. The molecule has 0 amide bonds. The van der Waals surface area contributed by atoms with Gasteiger partial charge < -0.3 is 4.74 Å². The molecule has 0 fully saturated rings. The van der Waals surface area contributed by atoms with Crippen molar-refractivity contribution in [1.29, 1.82) is 0 Å². The zero-order chi connectivity index (χ0) is 12.9. The van der Waals surface area contributed by atoms with Crippen molar-refractivity contribution in [3.05, 3.63) is 28.2 Å². The normalized spacial score (nSPS) is 11.5. The fraction of sp³-hybridized carbons (Fsp3) is 0.400. The third kappa shape index (κ3) is 6.36. The van der Waals surface area contributed by atoms with Gasteiger partial charge >= 0.3 is 0 Å². The first kappa shape index (κ1) is 14.9. The van der Waals surface area contributed by atoms with Crippen LogP contribution in [-0.2, 0) is 9.05 Å². The van der Waals surface area contributed by atoms with E-state index in [-0.39, 0.29) is 5.75 Å². The molecule has 7 heteroatoms. The van der Waals surface area contributed by atoms with Crippen molar-refractivity contribution in [1.82, 2.24) is 0 Å². The van der Waals surface area contributed by atoms with E-state index in [1.807, 2.05) is 0 Å². The lowest BCUT2D eigenvalue weighted by Gasteiger charge is -2.06. The molecule has 0 bridgehead atoms. The zero-order valence-corrected chi connectivity index (χ0v) is 11.9. The second kappa shape index (κ2) is 6.69. The molecule has 0 saturated heterocycles. The van der Waals surface area contributed by atoms with Crippen molar-refractivity contribution in [2.24, 2.45) is 0 Å². The maximum atomic E-state index is 10.6. The van der Waals surface area contributed by atoms with E-state index in [0.717, 1.165) is 0 Å². The molecule has 0 unspecified atom stereocenters. The Labute approximate surface area is 115 Å². The zero-order valence-electron chi connectivity index (χ0n) is 8.83. The fourth-order valence-corrected chi connectivity index (χ4v) is 2.30. The predicted octanol–water partition coefficient (Wildman–Crippen LogP) is 3.72. The molecule has 1 aromatic rings. The number of hydrogen-bond donors (Lipinski definition) is 0. The molecule has 0 spiro atoms. The lowest BCUT2D eigenvalue weighted by molar-refractivity contribution is 0.309. The smallest absolute Gasteiger partial charge is 0.232 e. The summed E-state index contributed by atoms with van der Waals surface area (Å²) in [5, 5.41) is 0.889. The van der Waals surface area contributed by atoms with Crippen LogP contribution in [0, 0.1) is 0 Å². The molecule has 0 aliphatic rings. The molecule has 0 saturated carbocycles. The molecule has 96 valence electrons. The minimum absolute atomic E-state index is 0.0424. The van der Waals surface area contributed by atoms with Gasteiger partial charge in [0.25, 0.3) is 0 Å². The first-order valence-corrected chi connectivity index (χ1v) is 8.12. The summed E-state index contributed by atoms with van der Waals surface area (Å²) in [7, 11) is 1.66. The molecular formula is C10H11Cl3O3S. The van der Waals surface area contributed by atoms with Gasteiger partial charge in [-0.05, 0) is 25.0 Å². The maximum Gasteiger partial charge on any atom is 0.232 e. The lowest BCUT2D eigenvalue weighted by atomic mass is 10.3. The van der Waals surface area contributed by atoms with Crippen molar-refractivity contribution in [3.8, 4) is 5.75 Å². The summed E-state index contributed by atoms with van der Waals surface area (Å²) in [6, 6.07) is 4.96. The van der Waals surface area contributed by atoms with Crippen molar-refractivity contribution in [3.63, 3.8) is 0 Å². The number of hydrogen-bond acceptors (Lipinski definition) is 3. The van der Waals surface area contributed by atoms with E-state index in [9.17, 15) is 8.42 Å². The third-order valence-corrected chi connectivity index (χ3v) is 3.92. The Morgan fingerprint density at radius 3 is 2.41 bits per heavy atom. The van der Waals surface area contributed by atoms with Gasteiger partial charge in [0.1, 0.15) is 5.75 Å². The highest BCUT2D eigenvalue weighted by Gasteiger charge is 2.04. The van der Waals surface area contributed by atoms with Gasteiger partial charge in [0.2, 0.25) is 9.05 Å². The van der Waals surface area contributed by atoms with E-state index in [2.05, 4.69) is 0 Å². The molecule has 3 nitrogen and oxygen atoms in total. The van der Waals surface area contributed by atoms with Crippen LogP contribution >= 0.6 is 33.9 Å². The Morgan fingerprint density at radius 2 is 1.82 bits per heavy atom. The second-order valence-electron chi connectivity index (χ2n) is 3.37. The maximum absolute atomic E-state index is 10.6. The average Bonchev–Trinajstić information content (AvgIpc) is 2.21. The molecule has 0 aliphatic heterocycles. The van der Waals surface area contributed by atoms with Crippen molar-refractivity contribution < 1.29 is 13.2 Å². The van der Waals surface area contributed by atoms with E-state index < -0.39 is 9.05 Å². The van der Waals surface area contributed by atoms with Crippen LogP contribution in [-0.4, -0.2) is 20.8 Å². The van der Waals surface area contributed by atoms with E-state index >= 15 is 0 Å². The van der Waals surface area contributed by atoms with Crippen LogP contribution in [0.4, 0.5) is 0 Å². The molecule has 0 heterocycles.